The number of amides is 1. The first kappa shape index (κ1) is 15.3. The van der Waals surface area contributed by atoms with Crippen molar-refractivity contribution in [1.82, 2.24) is 15.2 Å². The van der Waals surface area contributed by atoms with Gasteiger partial charge in [0.05, 0.1) is 12.2 Å². The molecule has 3 rings (SSSR count). The summed E-state index contributed by atoms with van der Waals surface area (Å²) in [7, 11) is 0. The monoisotopic (exact) mass is 295 g/mol. The van der Waals surface area contributed by atoms with Crippen LogP contribution in [-0.2, 0) is 11.3 Å². The van der Waals surface area contributed by atoms with Gasteiger partial charge in [-0.3, -0.25) is 9.78 Å². The Morgan fingerprint density at radius 2 is 2.20 bits per heavy atom. The van der Waals surface area contributed by atoms with Crippen molar-refractivity contribution in [3.05, 3.63) is 30.1 Å². The second-order valence-corrected chi connectivity index (χ2v) is 5.57. The molecular weight excluding hydrogens is 274 g/mol. The van der Waals surface area contributed by atoms with Crippen LogP contribution in [0.25, 0.3) is 0 Å². The molecule has 1 unspecified atom stereocenters. The minimum absolute atomic E-state index is 0. The van der Waals surface area contributed by atoms with E-state index in [1.54, 1.807) is 6.20 Å². The van der Waals surface area contributed by atoms with Gasteiger partial charge in [-0.2, -0.15) is 0 Å². The van der Waals surface area contributed by atoms with Crippen molar-refractivity contribution in [1.29, 1.82) is 0 Å². The van der Waals surface area contributed by atoms with E-state index >= 15 is 0 Å². The highest BCUT2D eigenvalue weighted by atomic mass is 35.5. The Morgan fingerprint density at radius 1 is 1.35 bits per heavy atom. The highest BCUT2D eigenvalue weighted by Gasteiger charge is 2.33. The van der Waals surface area contributed by atoms with E-state index in [9.17, 15) is 4.79 Å². The molecular formula is C15H22ClN3O. The third-order valence-corrected chi connectivity index (χ3v) is 3.95. The SMILES string of the molecule is Cl.O=C(CC1CCCN1)N(Cc1ccccn1)C1CC1. The fraction of sp³-hybridized carbons (Fsp3) is 0.600. The van der Waals surface area contributed by atoms with Crippen LogP contribution >= 0.6 is 12.4 Å². The summed E-state index contributed by atoms with van der Waals surface area (Å²) in [6, 6.07) is 6.73. The quantitative estimate of drug-likeness (QED) is 0.905. The van der Waals surface area contributed by atoms with E-state index in [4.69, 9.17) is 0 Å². The molecule has 1 amide bonds. The summed E-state index contributed by atoms with van der Waals surface area (Å²) in [6.45, 7) is 1.72. The average Bonchev–Trinajstić information content (AvgIpc) is 3.15. The molecule has 20 heavy (non-hydrogen) atoms. The summed E-state index contributed by atoms with van der Waals surface area (Å²) >= 11 is 0. The lowest BCUT2D eigenvalue weighted by Gasteiger charge is -2.23. The van der Waals surface area contributed by atoms with Crippen LogP contribution in [0.4, 0.5) is 0 Å². The lowest BCUT2D eigenvalue weighted by molar-refractivity contribution is -0.132. The fourth-order valence-electron chi connectivity index (χ4n) is 2.73. The van der Waals surface area contributed by atoms with Gasteiger partial charge in [0, 0.05) is 24.7 Å². The maximum absolute atomic E-state index is 12.4. The number of rotatable bonds is 5. The molecule has 1 N–H and O–H groups in total. The van der Waals surface area contributed by atoms with Gasteiger partial charge in [-0.25, -0.2) is 0 Å². The van der Waals surface area contributed by atoms with Crippen LogP contribution in [0.15, 0.2) is 24.4 Å². The Morgan fingerprint density at radius 3 is 2.80 bits per heavy atom. The normalized spacial score (nSPS) is 21.3. The lowest BCUT2D eigenvalue weighted by Crippen LogP contribution is -2.37. The van der Waals surface area contributed by atoms with Gasteiger partial charge in [0.1, 0.15) is 0 Å². The number of nitrogens with zero attached hydrogens (tertiary/aromatic N) is 2. The Balaban J connectivity index is 0.00000147. The number of nitrogens with one attached hydrogen (secondary N) is 1. The van der Waals surface area contributed by atoms with E-state index in [2.05, 4.69) is 10.3 Å². The standard InChI is InChI=1S/C15H21N3O.ClH/c19-15(10-12-5-3-9-16-12)18(14-6-7-14)11-13-4-1-2-8-17-13;/h1-2,4,8,12,14,16H,3,5-7,9-11H2;1H. The topological polar surface area (TPSA) is 45.2 Å². The number of halogens is 1. The average molecular weight is 296 g/mol. The van der Waals surface area contributed by atoms with E-state index in [-0.39, 0.29) is 18.3 Å². The molecule has 0 spiro atoms. The molecule has 4 nitrogen and oxygen atoms in total. The van der Waals surface area contributed by atoms with Crippen molar-refractivity contribution < 1.29 is 4.79 Å². The Labute approximate surface area is 126 Å². The third kappa shape index (κ3) is 3.93. The van der Waals surface area contributed by atoms with Crippen LogP contribution in [-0.4, -0.2) is 34.4 Å². The first-order chi connectivity index (χ1) is 9.33. The fourth-order valence-corrected chi connectivity index (χ4v) is 2.73. The van der Waals surface area contributed by atoms with Gasteiger partial charge in [0.15, 0.2) is 0 Å². The van der Waals surface area contributed by atoms with E-state index in [1.807, 2.05) is 23.1 Å². The van der Waals surface area contributed by atoms with Crippen molar-refractivity contribution in [2.24, 2.45) is 0 Å². The van der Waals surface area contributed by atoms with Gasteiger partial charge >= 0.3 is 0 Å². The molecule has 0 bridgehead atoms. The number of hydrogen-bond acceptors (Lipinski definition) is 3. The molecule has 2 heterocycles. The third-order valence-electron chi connectivity index (χ3n) is 3.95. The minimum Gasteiger partial charge on any atom is -0.334 e. The minimum atomic E-state index is 0. The summed E-state index contributed by atoms with van der Waals surface area (Å²) in [5.41, 5.74) is 0.988. The van der Waals surface area contributed by atoms with Crippen molar-refractivity contribution in [3.8, 4) is 0 Å². The molecule has 1 aliphatic heterocycles. The van der Waals surface area contributed by atoms with Crippen LogP contribution in [0.2, 0.25) is 0 Å². The van der Waals surface area contributed by atoms with Gasteiger partial charge in [0.2, 0.25) is 5.91 Å². The molecule has 110 valence electrons. The number of carbonyl (C=O) groups is 1. The summed E-state index contributed by atoms with van der Waals surface area (Å²) in [6.07, 6.45) is 7.07. The highest BCUT2D eigenvalue weighted by molar-refractivity contribution is 5.85. The van der Waals surface area contributed by atoms with Crippen LogP contribution < -0.4 is 5.32 Å². The van der Waals surface area contributed by atoms with E-state index < -0.39 is 0 Å². The smallest absolute Gasteiger partial charge is 0.224 e. The Hall–Kier alpha value is -1.13. The molecule has 1 aromatic rings. The van der Waals surface area contributed by atoms with E-state index in [0.717, 1.165) is 31.5 Å². The zero-order valence-corrected chi connectivity index (χ0v) is 12.4. The van der Waals surface area contributed by atoms with Crippen molar-refractivity contribution in [3.63, 3.8) is 0 Å². The lowest BCUT2D eigenvalue weighted by atomic mass is 10.1. The van der Waals surface area contributed by atoms with Crippen LogP contribution in [0.5, 0.6) is 0 Å². The maximum atomic E-state index is 12.4. The largest absolute Gasteiger partial charge is 0.334 e. The zero-order chi connectivity index (χ0) is 13.1. The molecule has 2 fully saturated rings. The van der Waals surface area contributed by atoms with Crippen LogP contribution in [0.3, 0.4) is 0 Å². The Bertz CT molecular complexity index is 430. The number of carbonyl (C=O) groups excluding carboxylic acids is 1. The van der Waals surface area contributed by atoms with Gasteiger partial charge in [-0.15, -0.1) is 12.4 Å². The van der Waals surface area contributed by atoms with Gasteiger partial charge in [-0.1, -0.05) is 6.07 Å². The molecule has 5 heteroatoms. The first-order valence-corrected chi connectivity index (χ1v) is 7.25. The number of aromatic nitrogens is 1. The molecule has 1 aromatic heterocycles. The molecule has 2 aliphatic rings. The summed E-state index contributed by atoms with van der Waals surface area (Å²) in [5, 5.41) is 3.40. The number of hydrogen-bond donors (Lipinski definition) is 1. The first-order valence-electron chi connectivity index (χ1n) is 7.25. The van der Waals surface area contributed by atoms with Gasteiger partial charge in [-0.05, 0) is 44.4 Å². The maximum Gasteiger partial charge on any atom is 0.224 e. The molecule has 1 aliphatic carbocycles. The summed E-state index contributed by atoms with van der Waals surface area (Å²) in [5.74, 6) is 0.285. The van der Waals surface area contributed by atoms with Crippen LogP contribution in [0.1, 0.15) is 37.8 Å². The second-order valence-electron chi connectivity index (χ2n) is 5.57. The van der Waals surface area contributed by atoms with Gasteiger partial charge in [0.25, 0.3) is 0 Å². The van der Waals surface area contributed by atoms with Crippen LogP contribution in [0, 0.1) is 0 Å². The van der Waals surface area contributed by atoms with E-state index in [0.29, 0.717) is 25.0 Å². The highest BCUT2D eigenvalue weighted by Crippen LogP contribution is 2.29. The molecule has 1 saturated heterocycles. The second kappa shape index (κ2) is 7.04. The Kier molecular flexibility index (Phi) is 5.38. The predicted molar refractivity (Wildman–Crippen MR) is 80.7 cm³/mol. The van der Waals surface area contributed by atoms with Crippen molar-refractivity contribution in [2.75, 3.05) is 6.54 Å². The summed E-state index contributed by atoms with van der Waals surface area (Å²) in [4.78, 5) is 18.8. The van der Waals surface area contributed by atoms with Crippen molar-refractivity contribution >= 4 is 18.3 Å². The molecule has 1 atom stereocenters. The number of pyridine rings is 1. The van der Waals surface area contributed by atoms with Crippen molar-refractivity contribution in [2.45, 2.75) is 50.7 Å². The van der Waals surface area contributed by atoms with Gasteiger partial charge < -0.3 is 10.2 Å². The summed E-state index contributed by atoms with van der Waals surface area (Å²) < 4.78 is 0. The molecule has 0 radical (unpaired) electrons. The zero-order valence-electron chi connectivity index (χ0n) is 11.6. The molecule has 1 saturated carbocycles. The molecule has 0 aromatic carbocycles. The predicted octanol–water partition coefficient (Wildman–Crippen LogP) is 2.14. The van der Waals surface area contributed by atoms with E-state index in [1.165, 1.54) is 6.42 Å².